The molecule has 112 valence electrons. The average molecular weight is 283 g/mol. The number of hydrogen-bond acceptors (Lipinski definition) is 2. The topological polar surface area (TPSA) is 21.3 Å². The summed E-state index contributed by atoms with van der Waals surface area (Å²) in [6.07, 6.45) is 1.03. The van der Waals surface area contributed by atoms with Gasteiger partial charge in [-0.05, 0) is 62.6 Å². The maximum Gasteiger partial charge on any atom is 0.119 e. The zero-order valence-electron chi connectivity index (χ0n) is 13.4. The molecule has 0 bridgehead atoms. The predicted octanol–water partition coefficient (Wildman–Crippen LogP) is 5.27. The molecule has 0 radical (unpaired) electrons. The van der Waals surface area contributed by atoms with Gasteiger partial charge in [-0.15, -0.1) is 0 Å². The second-order valence-electron chi connectivity index (χ2n) is 5.60. The molecule has 0 aromatic heterocycles. The lowest BCUT2D eigenvalue weighted by atomic mass is 10.00. The molecule has 1 unspecified atom stereocenters. The molecule has 2 heteroatoms. The van der Waals surface area contributed by atoms with E-state index in [-0.39, 0.29) is 6.04 Å². The summed E-state index contributed by atoms with van der Waals surface area (Å²) in [6.45, 7) is 9.38. The Hall–Kier alpha value is -1.96. The Bertz CT molecular complexity index is 575. The Morgan fingerprint density at radius 2 is 1.76 bits per heavy atom. The third-order valence-corrected chi connectivity index (χ3v) is 3.61. The van der Waals surface area contributed by atoms with Crippen LogP contribution in [0.5, 0.6) is 5.75 Å². The fourth-order valence-electron chi connectivity index (χ4n) is 2.42. The number of hydrogen-bond donors (Lipinski definition) is 1. The summed E-state index contributed by atoms with van der Waals surface area (Å²) in [4.78, 5) is 0. The van der Waals surface area contributed by atoms with Crippen LogP contribution in [0.15, 0.2) is 42.5 Å². The SMILES string of the molecule is CCCOc1ccc(NC(C)c2cc(C)ccc2C)cc1. The van der Waals surface area contributed by atoms with E-state index in [1.807, 2.05) is 12.1 Å². The second kappa shape index (κ2) is 7.16. The zero-order valence-corrected chi connectivity index (χ0v) is 13.4. The van der Waals surface area contributed by atoms with Crippen LogP contribution in [0.3, 0.4) is 0 Å². The molecule has 0 saturated carbocycles. The predicted molar refractivity (Wildman–Crippen MR) is 90.2 cm³/mol. The van der Waals surface area contributed by atoms with Gasteiger partial charge in [0.05, 0.1) is 6.61 Å². The van der Waals surface area contributed by atoms with Crippen LogP contribution in [-0.4, -0.2) is 6.61 Å². The van der Waals surface area contributed by atoms with E-state index in [1.165, 1.54) is 16.7 Å². The first-order valence-electron chi connectivity index (χ1n) is 7.66. The van der Waals surface area contributed by atoms with E-state index in [9.17, 15) is 0 Å². The summed E-state index contributed by atoms with van der Waals surface area (Å²) >= 11 is 0. The third-order valence-electron chi connectivity index (χ3n) is 3.61. The fourth-order valence-corrected chi connectivity index (χ4v) is 2.42. The highest BCUT2D eigenvalue weighted by Gasteiger charge is 2.08. The first-order chi connectivity index (χ1) is 10.1. The van der Waals surface area contributed by atoms with Crippen molar-refractivity contribution in [2.75, 3.05) is 11.9 Å². The number of rotatable bonds is 6. The van der Waals surface area contributed by atoms with Crippen molar-refractivity contribution < 1.29 is 4.74 Å². The van der Waals surface area contributed by atoms with E-state index in [0.29, 0.717) is 0 Å². The van der Waals surface area contributed by atoms with Crippen LogP contribution in [0, 0.1) is 13.8 Å². The standard InChI is InChI=1S/C19H25NO/c1-5-12-21-18-10-8-17(9-11-18)20-16(4)19-13-14(2)6-7-15(19)3/h6-11,13,16,20H,5,12H2,1-4H3. The van der Waals surface area contributed by atoms with Gasteiger partial charge in [-0.25, -0.2) is 0 Å². The molecule has 2 aromatic rings. The van der Waals surface area contributed by atoms with Crippen molar-refractivity contribution in [2.45, 2.75) is 40.2 Å². The summed E-state index contributed by atoms with van der Waals surface area (Å²) in [5.74, 6) is 0.932. The zero-order chi connectivity index (χ0) is 15.2. The van der Waals surface area contributed by atoms with Crippen molar-refractivity contribution in [3.63, 3.8) is 0 Å². The van der Waals surface area contributed by atoms with E-state index < -0.39 is 0 Å². The minimum Gasteiger partial charge on any atom is -0.494 e. The van der Waals surface area contributed by atoms with Crippen molar-refractivity contribution in [3.8, 4) is 5.75 Å². The lowest BCUT2D eigenvalue weighted by molar-refractivity contribution is 0.317. The fraction of sp³-hybridized carbons (Fsp3) is 0.368. The highest BCUT2D eigenvalue weighted by atomic mass is 16.5. The lowest BCUT2D eigenvalue weighted by Crippen LogP contribution is -2.08. The molecule has 0 heterocycles. The summed E-state index contributed by atoms with van der Waals surface area (Å²) in [5.41, 5.74) is 5.09. The number of aryl methyl sites for hydroxylation is 2. The van der Waals surface area contributed by atoms with Crippen LogP contribution in [0.1, 0.15) is 43.0 Å². The Kier molecular flexibility index (Phi) is 5.26. The van der Waals surface area contributed by atoms with Gasteiger partial charge in [0.2, 0.25) is 0 Å². The molecule has 0 aliphatic heterocycles. The van der Waals surface area contributed by atoms with Crippen molar-refractivity contribution in [1.82, 2.24) is 0 Å². The quantitative estimate of drug-likeness (QED) is 0.780. The first kappa shape index (κ1) is 15.4. The van der Waals surface area contributed by atoms with Crippen molar-refractivity contribution in [3.05, 3.63) is 59.2 Å². The van der Waals surface area contributed by atoms with Gasteiger partial charge in [-0.2, -0.15) is 0 Å². The van der Waals surface area contributed by atoms with Crippen molar-refractivity contribution in [1.29, 1.82) is 0 Å². The normalized spacial score (nSPS) is 12.0. The number of nitrogens with one attached hydrogen (secondary N) is 1. The monoisotopic (exact) mass is 283 g/mol. The molecule has 2 aromatic carbocycles. The molecule has 21 heavy (non-hydrogen) atoms. The lowest BCUT2D eigenvalue weighted by Gasteiger charge is -2.19. The summed E-state index contributed by atoms with van der Waals surface area (Å²) < 4.78 is 5.61. The Balaban J connectivity index is 2.05. The molecule has 0 fully saturated rings. The molecule has 0 aliphatic carbocycles. The molecule has 1 atom stereocenters. The van der Waals surface area contributed by atoms with Gasteiger partial charge in [-0.1, -0.05) is 30.7 Å². The smallest absolute Gasteiger partial charge is 0.119 e. The van der Waals surface area contributed by atoms with Crippen LogP contribution in [0.25, 0.3) is 0 Å². The third kappa shape index (κ3) is 4.25. The molecule has 1 N–H and O–H groups in total. The summed E-state index contributed by atoms with van der Waals surface area (Å²) in [7, 11) is 0. The highest BCUT2D eigenvalue weighted by molar-refractivity contribution is 5.49. The van der Waals surface area contributed by atoms with E-state index in [4.69, 9.17) is 4.74 Å². The molecule has 2 nitrogen and oxygen atoms in total. The van der Waals surface area contributed by atoms with E-state index in [1.54, 1.807) is 0 Å². The Morgan fingerprint density at radius 3 is 2.43 bits per heavy atom. The van der Waals surface area contributed by atoms with Crippen molar-refractivity contribution in [2.24, 2.45) is 0 Å². The largest absolute Gasteiger partial charge is 0.494 e. The van der Waals surface area contributed by atoms with E-state index in [0.717, 1.165) is 24.5 Å². The summed E-state index contributed by atoms with van der Waals surface area (Å²) in [5, 5.41) is 3.55. The molecule has 2 rings (SSSR count). The second-order valence-corrected chi connectivity index (χ2v) is 5.60. The minimum atomic E-state index is 0.285. The Morgan fingerprint density at radius 1 is 1.05 bits per heavy atom. The van der Waals surface area contributed by atoms with Gasteiger partial charge in [0.15, 0.2) is 0 Å². The highest BCUT2D eigenvalue weighted by Crippen LogP contribution is 2.24. The van der Waals surface area contributed by atoms with Gasteiger partial charge in [0.1, 0.15) is 5.75 Å². The van der Waals surface area contributed by atoms with Gasteiger partial charge < -0.3 is 10.1 Å². The van der Waals surface area contributed by atoms with Gasteiger partial charge in [0, 0.05) is 11.7 Å². The molecule has 0 spiro atoms. The van der Waals surface area contributed by atoms with Crippen LogP contribution < -0.4 is 10.1 Å². The number of benzene rings is 2. The van der Waals surface area contributed by atoms with Gasteiger partial charge in [0.25, 0.3) is 0 Å². The van der Waals surface area contributed by atoms with E-state index >= 15 is 0 Å². The number of ether oxygens (including phenoxy) is 1. The molecule has 0 aliphatic rings. The molecule has 0 amide bonds. The van der Waals surface area contributed by atoms with Crippen LogP contribution >= 0.6 is 0 Å². The molecule has 0 saturated heterocycles. The first-order valence-corrected chi connectivity index (χ1v) is 7.66. The maximum absolute atomic E-state index is 5.61. The maximum atomic E-state index is 5.61. The van der Waals surface area contributed by atoms with Crippen LogP contribution in [-0.2, 0) is 0 Å². The van der Waals surface area contributed by atoms with Crippen molar-refractivity contribution >= 4 is 5.69 Å². The van der Waals surface area contributed by atoms with Crippen LogP contribution in [0.2, 0.25) is 0 Å². The van der Waals surface area contributed by atoms with Gasteiger partial charge >= 0.3 is 0 Å². The van der Waals surface area contributed by atoms with Crippen LogP contribution in [0.4, 0.5) is 5.69 Å². The van der Waals surface area contributed by atoms with Gasteiger partial charge in [-0.3, -0.25) is 0 Å². The summed E-state index contributed by atoms with van der Waals surface area (Å²) in [6, 6.07) is 15.1. The average Bonchev–Trinajstić information content (AvgIpc) is 2.49. The molecular weight excluding hydrogens is 258 g/mol. The van der Waals surface area contributed by atoms with E-state index in [2.05, 4.69) is 63.3 Å². The minimum absolute atomic E-state index is 0.285. The number of anilines is 1. The molecular formula is C19H25NO. The Labute approximate surface area is 128 Å².